The van der Waals surface area contributed by atoms with Crippen molar-refractivity contribution in [1.82, 2.24) is 5.32 Å². The molecule has 2 heteroatoms. The molecular weight excluding hydrogens is 172 g/mol. The molecule has 0 heterocycles. The van der Waals surface area contributed by atoms with Gasteiger partial charge in [0.2, 0.25) is 0 Å². The van der Waals surface area contributed by atoms with Crippen molar-refractivity contribution >= 4 is 0 Å². The Kier molecular flexibility index (Phi) is 3.96. The highest BCUT2D eigenvalue weighted by Crippen LogP contribution is 2.37. The molecule has 3 N–H and O–H groups in total. The SMILES string of the molecule is CC1CC1CNC(CN)CC(C)(C)C. The first-order valence-corrected chi connectivity index (χ1v) is 5.86. The summed E-state index contributed by atoms with van der Waals surface area (Å²) in [5.74, 6) is 1.86. The van der Waals surface area contributed by atoms with Crippen LogP contribution in [0.2, 0.25) is 0 Å². The quantitative estimate of drug-likeness (QED) is 0.709. The van der Waals surface area contributed by atoms with E-state index in [2.05, 4.69) is 33.0 Å². The van der Waals surface area contributed by atoms with Crippen LogP contribution < -0.4 is 11.1 Å². The van der Waals surface area contributed by atoms with Crippen LogP contribution in [0, 0.1) is 17.3 Å². The molecule has 0 radical (unpaired) electrons. The molecule has 84 valence electrons. The first-order chi connectivity index (χ1) is 6.42. The summed E-state index contributed by atoms with van der Waals surface area (Å²) in [5, 5.41) is 3.59. The molecule has 0 aromatic heterocycles. The molecule has 14 heavy (non-hydrogen) atoms. The fraction of sp³-hybridized carbons (Fsp3) is 1.00. The third kappa shape index (κ3) is 4.43. The lowest BCUT2D eigenvalue weighted by Gasteiger charge is -2.26. The second-order valence-electron chi connectivity index (χ2n) is 6.08. The number of rotatable bonds is 5. The maximum absolute atomic E-state index is 5.76. The molecule has 1 aliphatic carbocycles. The van der Waals surface area contributed by atoms with Gasteiger partial charge in [-0.3, -0.25) is 0 Å². The minimum atomic E-state index is 0.381. The molecule has 2 nitrogen and oxygen atoms in total. The molecular formula is C12H26N2. The molecule has 3 unspecified atom stereocenters. The molecule has 0 spiro atoms. The van der Waals surface area contributed by atoms with Crippen LogP contribution in [0.4, 0.5) is 0 Å². The maximum atomic E-state index is 5.76. The molecule has 1 rings (SSSR count). The monoisotopic (exact) mass is 198 g/mol. The lowest BCUT2D eigenvalue weighted by Crippen LogP contribution is -2.40. The van der Waals surface area contributed by atoms with E-state index in [9.17, 15) is 0 Å². The Labute approximate surface area is 88.6 Å². The number of hydrogen-bond acceptors (Lipinski definition) is 2. The van der Waals surface area contributed by atoms with Crippen molar-refractivity contribution in [2.45, 2.75) is 46.6 Å². The van der Waals surface area contributed by atoms with Gasteiger partial charge in [-0.05, 0) is 36.6 Å². The van der Waals surface area contributed by atoms with Gasteiger partial charge in [-0.1, -0.05) is 27.7 Å². The van der Waals surface area contributed by atoms with Crippen molar-refractivity contribution in [2.24, 2.45) is 23.0 Å². The fourth-order valence-corrected chi connectivity index (χ4v) is 1.98. The average Bonchev–Trinajstić information content (AvgIpc) is 2.73. The van der Waals surface area contributed by atoms with Gasteiger partial charge in [0, 0.05) is 12.6 Å². The molecule has 1 fully saturated rings. The summed E-state index contributed by atoms with van der Waals surface area (Å²) in [4.78, 5) is 0. The van der Waals surface area contributed by atoms with Crippen LogP contribution in [-0.2, 0) is 0 Å². The fourth-order valence-electron chi connectivity index (χ4n) is 1.98. The average molecular weight is 198 g/mol. The Morgan fingerprint density at radius 1 is 1.43 bits per heavy atom. The van der Waals surface area contributed by atoms with E-state index in [0.29, 0.717) is 11.5 Å². The van der Waals surface area contributed by atoms with E-state index in [0.717, 1.165) is 18.4 Å². The molecule has 0 bridgehead atoms. The smallest absolute Gasteiger partial charge is 0.0195 e. The zero-order valence-electron chi connectivity index (χ0n) is 10.1. The third-order valence-electron chi connectivity index (χ3n) is 3.09. The van der Waals surface area contributed by atoms with E-state index in [1.165, 1.54) is 19.4 Å². The first kappa shape index (κ1) is 12.0. The van der Waals surface area contributed by atoms with Crippen molar-refractivity contribution < 1.29 is 0 Å². The Bertz CT molecular complexity index is 172. The van der Waals surface area contributed by atoms with Crippen molar-refractivity contribution in [3.05, 3.63) is 0 Å². The van der Waals surface area contributed by atoms with Crippen molar-refractivity contribution in [3.8, 4) is 0 Å². The molecule has 0 amide bonds. The Hall–Kier alpha value is -0.0800. The van der Waals surface area contributed by atoms with Crippen molar-refractivity contribution in [3.63, 3.8) is 0 Å². The van der Waals surface area contributed by atoms with E-state index >= 15 is 0 Å². The van der Waals surface area contributed by atoms with Gasteiger partial charge in [0.1, 0.15) is 0 Å². The van der Waals surface area contributed by atoms with Gasteiger partial charge in [-0.25, -0.2) is 0 Å². The highest BCUT2D eigenvalue weighted by molar-refractivity contribution is 4.86. The summed E-state index contributed by atoms with van der Waals surface area (Å²) in [7, 11) is 0. The summed E-state index contributed by atoms with van der Waals surface area (Å²) >= 11 is 0. The van der Waals surface area contributed by atoms with Crippen molar-refractivity contribution in [1.29, 1.82) is 0 Å². The first-order valence-electron chi connectivity index (χ1n) is 5.86. The lowest BCUT2D eigenvalue weighted by atomic mass is 9.88. The standard InChI is InChI=1S/C12H26N2/c1-9-5-10(9)8-14-11(7-13)6-12(2,3)4/h9-11,14H,5-8,13H2,1-4H3. The van der Waals surface area contributed by atoms with Crippen LogP contribution in [0.15, 0.2) is 0 Å². The van der Waals surface area contributed by atoms with Crippen LogP contribution in [0.3, 0.4) is 0 Å². The molecule has 1 aliphatic rings. The zero-order valence-corrected chi connectivity index (χ0v) is 10.1. The second-order valence-corrected chi connectivity index (χ2v) is 6.08. The highest BCUT2D eigenvalue weighted by atomic mass is 14.9. The molecule has 0 aromatic carbocycles. The molecule has 3 atom stereocenters. The predicted octanol–water partition coefficient (Wildman–Crippen LogP) is 2.00. The normalized spacial score (nSPS) is 28.9. The van der Waals surface area contributed by atoms with Gasteiger partial charge in [0.25, 0.3) is 0 Å². The zero-order chi connectivity index (χ0) is 10.8. The Balaban J connectivity index is 2.18. The second kappa shape index (κ2) is 4.63. The van der Waals surface area contributed by atoms with Crippen LogP contribution in [0.1, 0.15) is 40.5 Å². The lowest BCUT2D eigenvalue weighted by molar-refractivity contribution is 0.308. The minimum Gasteiger partial charge on any atom is -0.329 e. The largest absolute Gasteiger partial charge is 0.329 e. The Morgan fingerprint density at radius 3 is 2.36 bits per heavy atom. The van der Waals surface area contributed by atoms with Crippen LogP contribution in [-0.4, -0.2) is 19.1 Å². The van der Waals surface area contributed by atoms with E-state index in [1.54, 1.807) is 0 Å². The number of nitrogens with one attached hydrogen (secondary N) is 1. The third-order valence-corrected chi connectivity index (χ3v) is 3.09. The Morgan fingerprint density at radius 2 is 2.00 bits per heavy atom. The summed E-state index contributed by atoms with van der Waals surface area (Å²) in [6.45, 7) is 11.1. The topological polar surface area (TPSA) is 38.0 Å². The van der Waals surface area contributed by atoms with Gasteiger partial charge in [-0.2, -0.15) is 0 Å². The minimum absolute atomic E-state index is 0.381. The van der Waals surface area contributed by atoms with Crippen molar-refractivity contribution in [2.75, 3.05) is 13.1 Å². The van der Waals surface area contributed by atoms with E-state index < -0.39 is 0 Å². The summed E-state index contributed by atoms with van der Waals surface area (Å²) in [6, 6.07) is 0.503. The molecule has 0 aromatic rings. The summed E-state index contributed by atoms with van der Waals surface area (Å²) in [5.41, 5.74) is 6.14. The number of nitrogens with two attached hydrogens (primary N) is 1. The summed E-state index contributed by atoms with van der Waals surface area (Å²) in [6.07, 6.45) is 2.57. The maximum Gasteiger partial charge on any atom is 0.0195 e. The van der Waals surface area contributed by atoms with Gasteiger partial charge < -0.3 is 11.1 Å². The van der Waals surface area contributed by atoms with Gasteiger partial charge in [-0.15, -0.1) is 0 Å². The molecule has 1 saturated carbocycles. The predicted molar refractivity (Wildman–Crippen MR) is 62.2 cm³/mol. The van der Waals surface area contributed by atoms with Crippen LogP contribution in [0.25, 0.3) is 0 Å². The summed E-state index contributed by atoms with van der Waals surface area (Å²) < 4.78 is 0. The van der Waals surface area contributed by atoms with E-state index in [-0.39, 0.29) is 0 Å². The number of hydrogen-bond donors (Lipinski definition) is 2. The van der Waals surface area contributed by atoms with Gasteiger partial charge in [0.15, 0.2) is 0 Å². The van der Waals surface area contributed by atoms with E-state index in [1.807, 2.05) is 0 Å². The highest BCUT2D eigenvalue weighted by Gasteiger charge is 2.32. The van der Waals surface area contributed by atoms with E-state index in [4.69, 9.17) is 5.73 Å². The van der Waals surface area contributed by atoms with Gasteiger partial charge in [0.05, 0.1) is 0 Å². The molecule has 0 aliphatic heterocycles. The molecule has 0 saturated heterocycles. The van der Waals surface area contributed by atoms with Crippen LogP contribution >= 0.6 is 0 Å². The van der Waals surface area contributed by atoms with Crippen LogP contribution in [0.5, 0.6) is 0 Å². The van der Waals surface area contributed by atoms with Gasteiger partial charge >= 0.3 is 0 Å².